The Morgan fingerprint density at radius 1 is 1.03 bits per heavy atom. The zero-order valence-corrected chi connectivity index (χ0v) is 18.6. The summed E-state index contributed by atoms with van der Waals surface area (Å²) >= 11 is 3.50. The number of rotatable bonds is 5. The molecule has 1 saturated heterocycles. The van der Waals surface area contributed by atoms with Crippen LogP contribution in [-0.2, 0) is 16.2 Å². The first-order valence-corrected chi connectivity index (χ1v) is 11.2. The Kier molecular flexibility index (Phi) is 6.51. The number of nitrogens with zero attached hydrogens (tertiary/aromatic N) is 1. The summed E-state index contributed by atoms with van der Waals surface area (Å²) in [6.07, 6.45) is 6.14. The van der Waals surface area contributed by atoms with Crippen LogP contribution in [0.25, 0.3) is 6.08 Å². The van der Waals surface area contributed by atoms with E-state index in [2.05, 4.69) is 21.2 Å². The van der Waals surface area contributed by atoms with Gasteiger partial charge in [0.1, 0.15) is 17.9 Å². The molecule has 7 heteroatoms. The van der Waals surface area contributed by atoms with Crippen LogP contribution in [0.5, 0.6) is 5.75 Å². The summed E-state index contributed by atoms with van der Waals surface area (Å²) in [5.74, 6) is -0.534. The molecule has 4 amide bonds. The van der Waals surface area contributed by atoms with Crippen molar-refractivity contribution in [2.75, 3.05) is 0 Å². The van der Waals surface area contributed by atoms with Gasteiger partial charge in [-0.05, 0) is 58.1 Å². The molecule has 6 nitrogen and oxygen atoms in total. The van der Waals surface area contributed by atoms with Crippen molar-refractivity contribution in [1.82, 2.24) is 10.2 Å². The summed E-state index contributed by atoms with van der Waals surface area (Å²) in [5, 5.41) is 2.31. The maximum atomic E-state index is 13.0. The van der Waals surface area contributed by atoms with E-state index in [9.17, 15) is 14.4 Å². The fourth-order valence-corrected chi connectivity index (χ4v) is 4.48. The molecule has 0 radical (unpaired) electrons. The Morgan fingerprint density at radius 2 is 1.77 bits per heavy atom. The molecule has 2 aromatic carbocycles. The van der Waals surface area contributed by atoms with Crippen LogP contribution in [0.15, 0.2) is 58.6 Å². The van der Waals surface area contributed by atoms with Gasteiger partial charge < -0.3 is 4.74 Å². The number of halogens is 1. The van der Waals surface area contributed by atoms with Gasteiger partial charge >= 0.3 is 6.03 Å². The molecule has 1 heterocycles. The van der Waals surface area contributed by atoms with E-state index in [0.717, 1.165) is 37.7 Å². The standard InChI is InChI=1S/C24H23BrN2O4/c25-20-14-17(11-12-21(20)31-15-16-7-3-1-4-8-16)13-19-22(28)26-24(30)27(23(19)29)18-9-5-2-6-10-18/h1,3-4,7-8,11-14,18H,2,5-6,9-10,15H2,(H,26,28,30). The molecule has 2 aromatic rings. The first kappa shape index (κ1) is 21.3. The largest absolute Gasteiger partial charge is 0.488 e. The molecule has 160 valence electrons. The molecule has 0 unspecified atom stereocenters. The van der Waals surface area contributed by atoms with Gasteiger partial charge in [-0.25, -0.2) is 4.79 Å². The van der Waals surface area contributed by atoms with E-state index in [4.69, 9.17) is 4.74 Å². The van der Waals surface area contributed by atoms with Gasteiger partial charge in [-0.15, -0.1) is 0 Å². The van der Waals surface area contributed by atoms with Gasteiger partial charge in [-0.2, -0.15) is 0 Å². The summed E-state index contributed by atoms with van der Waals surface area (Å²) in [5.41, 5.74) is 1.68. The molecule has 2 aliphatic rings. The predicted molar refractivity (Wildman–Crippen MR) is 120 cm³/mol. The Labute approximate surface area is 189 Å². The van der Waals surface area contributed by atoms with E-state index < -0.39 is 17.8 Å². The van der Waals surface area contributed by atoms with Crippen molar-refractivity contribution in [3.63, 3.8) is 0 Å². The first-order valence-electron chi connectivity index (χ1n) is 10.4. The lowest BCUT2D eigenvalue weighted by Gasteiger charge is -2.35. The van der Waals surface area contributed by atoms with Gasteiger partial charge in [-0.3, -0.25) is 19.8 Å². The third kappa shape index (κ3) is 4.88. The smallest absolute Gasteiger partial charge is 0.331 e. The molecule has 1 aliphatic carbocycles. The topological polar surface area (TPSA) is 75.7 Å². The number of ether oxygens (including phenoxy) is 1. The minimum atomic E-state index is -0.664. The van der Waals surface area contributed by atoms with Crippen LogP contribution in [0.1, 0.15) is 43.2 Å². The third-order valence-electron chi connectivity index (χ3n) is 5.58. The average molecular weight is 483 g/mol. The molecule has 31 heavy (non-hydrogen) atoms. The van der Waals surface area contributed by atoms with Crippen molar-refractivity contribution in [2.45, 2.75) is 44.8 Å². The SMILES string of the molecule is O=C1NC(=O)N(C2CCCCC2)C(=O)C1=Cc1ccc(OCc2ccccc2)c(Br)c1. The number of carbonyl (C=O) groups excluding carboxylic acids is 3. The monoisotopic (exact) mass is 482 g/mol. The minimum Gasteiger partial charge on any atom is -0.488 e. The summed E-state index contributed by atoms with van der Waals surface area (Å²) in [7, 11) is 0. The van der Waals surface area contributed by atoms with Crippen molar-refractivity contribution in [2.24, 2.45) is 0 Å². The zero-order chi connectivity index (χ0) is 21.8. The lowest BCUT2D eigenvalue weighted by molar-refractivity contribution is -0.132. The Morgan fingerprint density at radius 3 is 2.48 bits per heavy atom. The van der Waals surface area contributed by atoms with Crippen molar-refractivity contribution >= 4 is 39.9 Å². The molecule has 0 atom stereocenters. The lowest BCUT2D eigenvalue weighted by atomic mass is 9.93. The molecule has 0 spiro atoms. The normalized spacial score (nSPS) is 18.9. The molecular weight excluding hydrogens is 460 g/mol. The number of hydrogen-bond acceptors (Lipinski definition) is 4. The summed E-state index contributed by atoms with van der Waals surface area (Å²) < 4.78 is 6.56. The fourth-order valence-electron chi connectivity index (χ4n) is 3.97. The van der Waals surface area contributed by atoms with Gasteiger partial charge in [0, 0.05) is 6.04 Å². The molecule has 2 fully saturated rings. The van der Waals surface area contributed by atoms with E-state index in [-0.39, 0.29) is 11.6 Å². The zero-order valence-electron chi connectivity index (χ0n) is 17.0. The highest BCUT2D eigenvalue weighted by molar-refractivity contribution is 9.10. The lowest BCUT2D eigenvalue weighted by Crippen LogP contribution is -2.58. The summed E-state index contributed by atoms with van der Waals surface area (Å²) in [6.45, 7) is 0.430. The van der Waals surface area contributed by atoms with Gasteiger partial charge in [-0.1, -0.05) is 55.7 Å². The highest BCUT2D eigenvalue weighted by Crippen LogP contribution is 2.29. The molecule has 0 bridgehead atoms. The van der Waals surface area contributed by atoms with Crippen LogP contribution in [0, 0.1) is 0 Å². The summed E-state index contributed by atoms with van der Waals surface area (Å²) in [4.78, 5) is 38.9. The van der Waals surface area contributed by atoms with Gasteiger partial charge in [0.25, 0.3) is 11.8 Å². The van der Waals surface area contributed by atoms with Crippen molar-refractivity contribution in [3.8, 4) is 5.75 Å². The molecule has 1 saturated carbocycles. The van der Waals surface area contributed by atoms with E-state index in [1.165, 1.54) is 11.0 Å². The molecular formula is C24H23BrN2O4. The van der Waals surface area contributed by atoms with Crippen LogP contribution in [0.3, 0.4) is 0 Å². The van der Waals surface area contributed by atoms with Gasteiger partial charge in [0.15, 0.2) is 0 Å². The van der Waals surface area contributed by atoms with E-state index in [0.29, 0.717) is 22.4 Å². The number of urea groups is 1. The number of benzene rings is 2. The molecule has 4 rings (SSSR count). The van der Waals surface area contributed by atoms with Crippen molar-refractivity contribution in [3.05, 3.63) is 69.7 Å². The summed E-state index contributed by atoms with van der Waals surface area (Å²) in [6, 6.07) is 14.4. The van der Waals surface area contributed by atoms with Gasteiger partial charge in [0.2, 0.25) is 0 Å². The maximum Gasteiger partial charge on any atom is 0.331 e. The van der Waals surface area contributed by atoms with Crippen LogP contribution in [0.2, 0.25) is 0 Å². The molecule has 0 aromatic heterocycles. The third-order valence-corrected chi connectivity index (χ3v) is 6.20. The van der Waals surface area contributed by atoms with E-state index in [1.807, 2.05) is 30.3 Å². The second-order valence-electron chi connectivity index (χ2n) is 7.75. The number of carbonyl (C=O) groups is 3. The van der Waals surface area contributed by atoms with Crippen molar-refractivity contribution in [1.29, 1.82) is 0 Å². The van der Waals surface area contributed by atoms with Gasteiger partial charge in [0.05, 0.1) is 4.47 Å². The highest BCUT2D eigenvalue weighted by Gasteiger charge is 2.40. The number of amides is 4. The number of hydrogen-bond donors (Lipinski definition) is 1. The van der Waals surface area contributed by atoms with Crippen LogP contribution in [0.4, 0.5) is 4.79 Å². The van der Waals surface area contributed by atoms with E-state index >= 15 is 0 Å². The Hall–Kier alpha value is -2.93. The van der Waals surface area contributed by atoms with Crippen LogP contribution in [-0.4, -0.2) is 28.8 Å². The minimum absolute atomic E-state index is 0.0324. The Bertz CT molecular complexity index is 1030. The number of imide groups is 2. The van der Waals surface area contributed by atoms with Crippen LogP contribution >= 0.6 is 15.9 Å². The Balaban J connectivity index is 1.52. The predicted octanol–water partition coefficient (Wildman–Crippen LogP) is 4.82. The molecule has 1 aliphatic heterocycles. The maximum absolute atomic E-state index is 13.0. The van der Waals surface area contributed by atoms with Crippen LogP contribution < -0.4 is 10.1 Å². The number of barbiturate groups is 1. The average Bonchev–Trinajstić information content (AvgIpc) is 2.77. The number of nitrogens with one attached hydrogen (secondary N) is 1. The van der Waals surface area contributed by atoms with Crippen molar-refractivity contribution < 1.29 is 19.1 Å². The fraction of sp³-hybridized carbons (Fsp3) is 0.292. The first-order chi connectivity index (χ1) is 15.0. The highest BCUT2D eigenvalue weighted by atomic mass is 79.9. The molecule has 1 N–H and O–H groups in total. The second-order valence-corrected chi connectivity index (χ2v) is 8.60. The second kappa shape index (κ2) is 9.47. The quantitative estimate of drug-likeness (QED) is 0.489. The van der Waals surface area contributed by atoms with E-state index in [1.54, 1.807) is 18.2 Å².